The smallest absolute Gasteiger partial charge is 0.308 e. The fraction of sp³-hybridized carbons (Fsp3) is 0.400. The highest BCUT2D eigenvalue weighted by atomic mass is 16.5. The van der Waals surface area contributed by atoms with Crippen LogP contribution < -0.4 is 9.47 Å². The predicted octanol–water partition coefficient (Wildman–Crippen LogP) is 3.29. The second-order valence-corrected chi connectivity index (χ2v) is 8.09. The van der Waals surface area contributed by atoms with Crippen molar-refractivity contribution in [1.82, 2.24) is 9.80 Å². The fourth-order valence-electron chi connectivity index (χ4n) is 3.78. The van der Waals surface area contributed by atoms with Crippen molar-refractivity contribution >= 4 is 17.8 Å². The van der Waals surface area contributed by atoms with E-state index in [4.69, 9.17) is 9.47 Å². The summed E-state index contributed by atoms with van der Waals surface area (Å²) in [7, 11) is 0. The molecule has 2 aromatic rings. The van der Waals surface area contributed by atoms with E-state index in [9.17, 15) is 14.4 Å². The lowest BCUT2D eigenvalue weighted by Gasteiger charge is -2.23. The van der Waals surface area contributed by atoms with Gasteiger partial charge in [-0.3, -0.25) is 14.4 Å². The first-order valence-electron chi connectivity index (χ1n) is 10.8. The molecular formula is C25H30N2O5. The van der Waals surface area contributed by atoms with Crippen LogP contribution in [0.25, 0.3) is 0 Å². The Morgan fingerprint density at radius 1 is 0.906 bits per heavy atom. The molecule has 0 unspecified atom stereocenters. The molecule has 0 saturated carbocycles. The summed E-state index contributed by atoms with van der Waals surface area (Å²) >= 11 is 0. The minimum atomic E-state index is -0.434. The van der Waals surface area contributed by atoms with Gasteiger partial charge in [-0.2, -0.15) is 0 Å². The average molecular weight is 439 g/mol. The number of hydrogen-bond acceptors (Lipinski definition) is 5. The number of carbonyl (C=O) groups excluding carboxylic acids is 3. The normalized spacial score (nSPS) is 14.0. The summed E-state index contributed by atoms with van der Waals surface area (Å²) in [5.41, 5.74) is 3.63. The van der Waals surface area contributed by atoms with E-state index in [0.29, 0.717) is 43.9 Å². The Hall–Kier alpha value is -3.35. The van der Waals surface area contributed by atoms with Gasteiger partial charge in [-0.1, -0.05) is 18.2 Å². The number of ether oxygens (including phenoxy) is 2. The maximum atomic E-state index is 12.9. The maximum Gasteiger partial charge on any atom is 0.308 e. The number of benzene rings is 2. The summed E-state index contributed by atoms with van der Waals surface area (Å²) in [5, 5.41) is 0. The van der Waals surface area contributed by atoms with Gasteiger partial charge < -0.3 is 19.3 Å². The second-order valence-electron chi connectivity index (χ2n) is 8.09. The molecule has 2 amide bonds. The van der Waals surface area contributed by atoms with Crippen LogP contribution in [0.5, 0.6) is 11.5 Å². The molecule has 0 bridgehead atoms. The molecular weight excluding hydrogens is 408 g/mol. The van der Waals surface area contributed by atoms with Crippen molar-refractivity contribution in [2.24, 2.45) is 0 Å². The van der Waals surface area contributed by atoms with Crippen LogP contribution in [0.4, 0.5) is 0 Å². The van der Waals surface area contributed by atoms with E-state index in [1.807, 2.05) is 32.9 Å². The van der Waals surface area contributed by atoms with Gasteiger partial charge in [-0.05, 0) is 62.1 Å². The molecule has 1 heterocycles. The standard InChI is InChI=1S/C25H30N2O5/c1-17-9-10-18(2)24(19(17)3)31-16-23(29)26-11-6-12-27(14-13-26)25(30)21-7-5-8-22(15-21)32-20(4)28/h5,7-10,15H,6,11-14,16H2,1-4H3. The van der Waals surface area contributed by atoms with E-state index in [0.717, 1.165) is 22.4 Å². The molecule has 0 radical (unpaired) electrons. The van der Waals surface area contributed by atoms with E-state index in [-0.39, 0.29) is 18.4 Å². The number of carbonyl (C=O) groups is 3. The Bertz CT molecular complexity index is 1020. The highest BCUT2D eigenvalue weighted by molar-refractivity contribution is 5.94. The van der Waals surface area contributed by atoms with Gasteiger partial charge in [0.15, 0.2) is 6.61 Å². The fourth-order valence-corrected chi connectivity index (χ4v) is 3.78. The SMILES string of the molecule is CC(=O)Oc1cccc(C(=O)N2CCCN(C(=O)COc3c(C)ccc(C)c3C)CC2)c1. The zero-order chi connectivity index (χ0) is 23.3. The van der Waals surface area contributed by atoms with Crippen LogP contribution in [-0.4, -0.2) is 60.4 Å². The first-order valence-corrected chi connectivity index (χ1v) is 10.8. The molecule has 1 aliphatic rings. The van der Waals surface area contributed by atoms with Crippen molar-refractivity contribution in [3.05, 3.63) is 58.7 Å². The summed E-state index contributed by atoms with van der Waals surface area (Å²) in [6.45, 7) is 9.29. The molecule has 7 nitrogen and oxygen atoms in total. The minimum absolute atomic E-state index is 0.0243. The molecule has 0 N–H and O–H groups in total. The van der Waals surface area contributed by atoms with Crippen molar-refractivity contribution in [3.8, 4) is 11.5 Å². The first kappa shape index (κ1) is 23.3. The van der Waals surface area contributed by atoms with Gasteiger partial charge in [0.2, 0.25) is 0 Å². The van der Waals surface area contributed by atoms with Crippen molar-refractivity contribution < 1.29 is 23.9 Å². The molecule has 3 rings (SSSR count). The van der Waals surface area contributed by atoms with Crippen molar-refractivity contribution in [1.29, 1.82) is 0 Å². The zero-order valence-electron chi connectivity index (χ0n) is 19.1. The van der Waals surface area contributed by atoms with Crippen molar-refractivity contribution in [2.45, 2.75) is 34.1 Å². The molecule has 32 heavy (non-hydrogen) atoms. The number of hydrogen-bond donors (Lipinski definition) is 0. The Morgan fingerprint density at radius 2 is 1.59 bits per heavy atom. The molecule has 0 spiro atoms. The molecule has 0 aromatic heterocycles. The first-order chi connectivity index (χ1) is 15.3. The van der Waals surface area contributed by atoms with Gasteiger partial charge in [0.25, 0.3) is 11.8 Å². The van der Waals surface area contributed by atoms with Crippen LogP contribution in [0.1, 0.15) is 40.4 Å². The van der Waals surface area contributed by atoms with Crippen LogP contribution in [-0.2, 0) is 9.59 Å². The number of amides is 2. The molecule has 170 valence electrons. The third-order valence-electron chi connectivity index (χ3n) is 5.69. The van der Waals surface area contributed by atoms with Gasteiger partial charge in [-0.15, -0.1) is 0 Å². The highest BCUT2D eigenvalue weighted by Gasteiger charge is 2.23. The van der Waals surface area contributed by atoms with Gasteiger partial charge in [0.05, 0.1) is 0 Å². The molecule has 1 saturated heterocycles. The van der Waals surface area contributed by atoms with E-state index >= 15 is 0 Å². The summed E-state index contributed by atoms with van der Waals surface area (Å²) in [6.07, 6.45) is 0.684. The summed E-state index contributed by atoms with van der Waals surface area (Å²) in [4.78, 5) is 40.4. The quantitative estimate of drug-likeness (QED) is 0.529. The van der Waals surface area contributed by atoms with Crippen LogP contribution in [0.3, 0.4) is 0 Å². The van der Waals surface area contributed by atoms with Crippen LogP contribution in [0.2, 0.25) is 0 Å². The number of nitrogens with zero attached hydrogens (tertiary/aromatic N) is 2. The summed E-state index contributed by atoms with van der Waals surface area (Å²) in [6, 6.07) is 10.6. The van der Waals surface area contributed by atoms with Crippen LogP contribution >= 0.6 is 0 Å². The minimum Gasteiger partial charge on any atom is -0.483 e. The van der Waals surface area contributed by atoms with E-state index in [1.165, 1.54) is 6.92 Å². The third-order valence-corrected chi connectivity index (χ3v) is 5.69. The van der Waals surface area contributed by atoms with Gasteiger partial charge in [-0.25, -0.2) is 0 Å². The Morgan fingerprint density at radius 3 is 2.34 bits per heavy atom. The highest BCUT2D eigenvalue weighted by Crippen LogP contribution is 2.25. The predicted molar refractivity (Wildman–Crippen MR) is 121 cm³/mol. The van der Waals surface area contributed by atoms with Crippen LogP contribution in [0, 0.1) is 20.8 Å². The average Bonchev–Trinajstić information content (AvgIpc) is 3.02. The van der Waals surface area contributed by atoms with Crippen LogP contribution in [0.15, 0.2) is 36.4 Å². The lowest BCUT2D eigenvalue weighted by atomic mass is 10.1. The van der Waals surface area contributed by atoms with E-state index < -0.39 is 5.97 Å². The second kappa shape index (κ2) is 10.3. The molecule has 2 aromatic carbocycles. The summed E-state index contributed by atoms with van der Waals surface area (Å²) < 4.78 is 11.0. The van der Waals surface area contributed by atoms with Crippen molar-refractivity contribution in [2.75, 3.05) is 32.8 Å². The topological polar surface area (TPSA) is 76.2 Å². The van der Waals surface area contributed by atoms with E-state index in [1.54, 1.807) is 34.1 Å². The zero-order valence-corrected chi connectivity index (χ0v) is 19.1. The Labute approximate surface area is 188 Å². The molecule has 0 atom stereocenters. The molecule has 1 aliphatic heterocycles. The van der Waals surface area contributed by atoms with Gasteiger partial charge >= 0.3 is 5.97 Å². The maximum absolute atomic E-state index is 12.9. The Kier molecular flexibility index (Phi) is 7.51. The van der Waals surface area contributed by atoms with Crippen molar-refractivity contribution in [3.63, 3.8) is 0 Å². The third kappa shape index (κ3) is 5.66. The van der Waals surface area contributed by atoms with E-state index in [2.05, 4.69) is 0 Å². The molecule has 7 heteroatoms. The molecule has 1 fully saturated rings. The summed E-state index contributed by atoms with van der Waals surface area (Å²) in [5.74, 6) is 0.440. The molecule has 0 aliphatic carbocycles. The lowest BCUT2D eigenvalue weighted by Crippen LogP contribution is -2.39. The lowest BCUT2D eigenvalue weighted by molar-refractivity contribution is -0.133. The van der Waals surface area contributed by atoms with Gasteiger partial charge in [0, 0.05) is 38.7 Å². The largest absolute Gasteiger partial charge is 0.483 e. The number of esters is 1. The number of aryl methyl sites for hydroxylation is 2. The van der Waals surface area contributed by atoms with Gasteiger partial charge in [0.1, 0.15) is 11.5 Å². The monoisotopic (exact) mass is 438 g/mol. The Balaban J connectivity index is 1.59. The number of rotatable bonds is 5.